The standard InChI is InChI=1S/C23H50O2Si/c1-5-9-11-12-13-14-15-16-17-18-19-21-23-25-26(7-3,8-4)24-22-20-10-6-2/h5-23H2,1-4H3. The lowest BCUT2D eigenvalue weighted by Crippen LogP contribution is -2.41. The molecular formula is C23H50O2Si. The topological polar surface area (TPSA) is 18.5 Å². The van der Waals surface area contributed by atoms with E-state index in [1.807, 2.05) is 0 Å². The molecule has 0 heterocycles. The minimum absolute atomic E-state index is 0.903. The van der Waals surface area contributed by atoms with Crippen LogP contribution in [0.1, 0.15) is 124 Å². The molecule has 0 aliphatic rings. The number of unbranched alkanes of at least 4 members (excludes halogenated alkanes) is 13. The molecular weight excluding hydrogens is 336 g/mol. The Kier molecular flexibility index (Phi) is 20.0. The third kappa shape index (κ3) is 15.2. The molecule has 26 heavy (non-hydrogen) atoms. The first kappa shape index (κ1) is 26.1. The van der Waals surface area contributed by atoms with Crippen molar-refractivity contribution in [3.8, 4) is 0 Å². The van der Waals surface area contributed by atoms with E-state index in [1.165, 1.54) is 96.3 Å². The van der Waals surface area contributed by atoms with E-state index in [0.29, 0.717) is 0 Å². The Labute approximate surface area is 167 Å². The Morgan fingerprint density at radius 3 is 1.12 bits per heavy atom. The maximum atomic E-state index is 6.32. The van der Waals surface area contributed by atoms with E-state index >= 15 is 0 Å². The lowest BCUT2D eigenvalue weighted by molar-refractivity contribution is 0.163. The van der Waals surface area contributed by atoms with E-state index in [0.717, 1.165) is 25.3 Å². The lowest BCUT2D eigenvalue weighted by atomic mass is 10.1. The van der Waals surface area contributed by atoms with Crippen molar-refractivity contribution in [3.63, 3.8) is 0 Å². The highest BCUT2D eigenvalue weighted by molar-refractivity contribution is 6.67. The van der Waals surface area contributed by atoms with Crippen molar-refractivity contribution in [1.29, 1.82) is 0 Å². The maximum Gasteiger partial charge on any atom is 0.337 e. The van der Waals surface area contributed by atoms with Crippen LogP contribution in [-0.4, -0.2) is 21.8 Å². The Bertz CT molecular complexity index is 267. The molecule has 0 aliphatic carbocycles. The number of rotatable bonds is 21. The van der Waals surface area contributed by atoms with Gasteiger partial charge >= 0.3 is 8.56 Å². The molecule has 0 aromatic heterocycles. The van der Waals surface area contributed by atoms with Gasteiger partial charge in [0, 0.05) is 13.2 Å². The Balaban J connectivity index is 3.52. The smallest absolute Gasteiger partial charge is 0.337 e. The van der Waals surface area contributed by atoms with Crippen molar-refractivity contribution in [2.75, 3.05) is 13.2 Å². The van der Waals surface area contributed by atoms with Crippen LogP contribution in [0.15, 0.2) is 0 Å². The van der Waals surface area contributed by atoms with Crippen LogP contribution in [-0.2, 0) is 8.85 Å². The molecule has 0 amide bonds. The molecule has 0 saturated heterocycles. The molecule has 0 atom stereocenters. The van der Waals surface area contributed by atoms with E-state index in [1.54, 1.807) is 0 Å². The van der Waals surface area contributed by atoms with Crippen LogP contribution in [0.3, 0.4) is 0 Å². The van der Waals surface area contributed by atoms with Crippen molar-refractivity contribution in [1.82, 2.24) is 0 Å². The van der Waals surface area contributed by atoms with Gasteiger partial charge in [0.05, 0.1) is 0 Å². The summed E-state index contributed by atoms with van der Waals surface area (Å²) in [6, 6.07) is 2.18. The molecule has 0 unspecified atom stereocenters. The summed E-state index contributed by atoms with van der Waals surface area (Å²) in [4.78, 5) is 0. The maximum absolute atomic E-state index is 6.32. The summed E-state index contributed by atoms with van der Waals surface area (Å²) < 4.78 is 12.6. The van der Waals surface area contributed by atoms with Gasteiger partial charge in [0.25, 0.3) is 0 Å². The monoisotopic (exact) mass is 386 g/mol. The van der Waals surface area contributed by atoms with E-state index in [9.17, 15) is 0 Å². The predicted molar refractivity (Wildman–Crippen MR) is 119 cm³/mol. The van der Waals surface area contributed by atoms with Gasteiger partial charge in [0.15, 0.2) is 0 Å². The average Bonchev–Trinajstić information content (AvgIpc) is 2.67. The molecule has 0 aromatic carbocycles. The van der Waals surface area contributed by atoms with E-state index in [2.05, 4.69) is 27.7 Å². The van der Waals surface area contributed by atoms with Crippen molar-refractivity contribution < 1.29 is 8.85 Å². The van der Waals surface area contributed by atoms with Crippen molar-refractivity contribution in [2.45, 2.75) is 136 Å². The van der Waals surface area contributed by atoms with Crippen LogP contribution in [0.25, 0.3) is 0 Å². The molecule has 0 N–H and O–H groups in total. The zero-order valence-corrected chi connectivity index (χ0v) is 19.8. The summed E-state index contributed by atoms with van der Waals surface area (Å²) in [7, 11) is -1.89. The first-order chi connectivity index (χ1) is 12.7. The van der Waals surface area contributed by atoms with Gasteiger partial charge in [-0.1, -0.05) is 111 Å². The lowest BCUT2D eigenvalue weighted by Gasteiger charge is -2.29. The van der Waals surface area contributed by atoms with Crippen molar-refractivity contribution in [3.05, 3.63) is 0 Å². The first-order valence-corrected chi connectivity index (χ1v) is 14.3. The molecule has 0 aliphatic heterocycles. The Morgan fingerprint density at radius 1 is 0.423 bits per heavy atom. The molecule has 0 fully saturated rings. The fraction of sp³-hybridized carbons (Fsp3) is 1.00. The Hall–Kier alpha value is 0.137. The van der Waals surface area contributed by atoms with Gasteiger partial charge in [-0.25, -0.2) is 0 Å². The van der Waals surface area contributed by atoms with E-state index in [4.69, 9.17) is 8.85 Å². The molecule has 0 saturated carbocycles. The second kappa shape index (κ2) is 19.9. The average molecular weight is 387 g/mol. The highest BCUT2D eigenvalue weighted by atomic mass is 28.4. The molecule has 3 heteroatoms. The summed E-state index contributed by atoms with van der Waals surface area (Å²) in [5.41, 5.74) is 0. The number of hydrogen-bond acceptors (Lipinski definition) is 2. The summed E-state index contributed by atoms with van der Waals surface area (Å²) in [5, 5.41) is 0. The third-order valence-electron chi connectivity index (χ3n) is 5.55. The van der Waals surface area contributed by atoms with Crippen LogP contribution >= 0.6 is 0 Å². The first-order valence-electron chi connectivity index (χ1n) is 12.0. The summed E-state index contributed by atoms with van der Waals surface area (Å²) in [5.74, 6) is 0. The van der Waals surface area contributed by atoms with E-state index < -0.39 is 8.56 Å². The van der Waals surface area contributed by atoms with E-state index in [-0.39, 0.29) is 0 Å². The largest absolute Gasteiger partial charge is 0.394 e. The van der Waals surface area contributed by atoms with Gasteiger partial charge in [-0.15, -0.1) is 0 Å². The summed E-state index contributed by atoms with van der Waals surface area (Å²) >= 11 is 0. The normalized spacial score (nSPS) is 12.0. The quantitative estimate of drug-likeness (QED) is 0.146. The molecule has 0 spiro atoms. The van der Waals surface area contributed by atoms with Crippen LogP contribution in [0.2, 0.25) is 12.1 Å². The molecule has 0 aromatic rings. The van der Waals surface area contributed by atoms with Gasteiger partial charge in [0.1, 0.15) is 0 Å². The fourth-order valence-corrected chi connectivity index (χ4v) is 5.94. The van der Waals surface area contributed by atoms with Crippen LogP contribution in [0, 0.1) is 0 Å². The minimum Gasteiger partial charge on any atom is -0.394 e. The minimum atomic E-state index is -1.89. The molecule has 0 rings (SSSR count). The predicted octanol–water partition coefficient (Wildman–Crippen LogP) is 8.39. The van der Waals surface area contributed by atoms with Gasteiger partial charge < -0.3 is 8.85 Å². The van der Waals surface area contributed by atoms with Crippen LogP contribution < -0.4 is 0 Å². The zero-order chi connectivity index (χ0) is 19.3. The second-order valence-electron chi connectivity index (χ2n) is 7.91. The fourth-order valence-electron chi connectivity index (χ4n) is 3.51. The highest BCUT2D eigenvalue weighted by Gasteiger charge is 2.33. The zero-order valence-electron chi connectivity index (χ0n) is 18.8. The van der Waals surface area contributed by atoms with Crippen molar-refractivity contribution >= 4 is 8.56 Å². The highest BCUT2D eigenvalue weighted by Crippen LogP contribution is 2.20. The van der Waals surface area contributed by atoms with Crippen LogP contribution in [0.5, 0.6) is 0 Å². The molecule has 158 valence electrons. The van der Waals surface area contributed by atoms with Crippen molar-refractivity contribution in [2.24, 2.45) is 0 Å². The summed E-state index contributed by atoms with van der Waals surface area (Å²) in [6.45, 7) is 10.8. The molecule has 0 radical (unpaired) electrons. The number of hydrogen-bond donors (Lipinski definition) is 0. The third-order valence-corrected chi connectivity index (χ3v) is 9.17. The second-order valence-corrected chi connectivity index (χ2v) is 11.7. The molecule has 2 nitrogen and oxygen atoms in total. The van der Waals surface area contributed by atoms with Gasteiger partial charge in [-0.2, -0.15) is 0 Å². The van der Waals surface area contributed by atoms with Gasteiger partial charge in [-0.05, 0) is 24.9 Å². The summed E-state index contributed by atoms with van der Waals surface area (Å²) in [6.07, 6.45) is 20.5. The molecule has 0 bridgehead atoms. The SMILES string of the molecule is CCCCCCCCCCCCCCO[Si](CC)(CC)OCCCCC. The van der Waals surface area contributed by atoms with Crippen LogP contribution in [0.4, 0.5) is 0 Å². The Morgan fingerprint density at radius 2 is 0.731 bits per heavy atom. The van der Waals surface area contributed by atoms with Gasteiger partial charge in [0.2, 0.25) is 0 Å². The van der Waals surface area contributed by atoms with Gasteiger partial charge in [-0.3, -0.25) is 0 Å².